The number of hydrogen-bond acceptors (Lipinski definition) is 3. The number of H-pyrrole nitrogens is 1. The molecule has 2 heterocycles. The number of benzene rings is 2. The lowest BCUT2D eigenvalue weighted by Gasteiger charge is -2.32. The van der Waals surface area contributed by atoms with Crippen molar-refractivity contribution < 1.29 is 17.9 Å². The van der Waals surface area contributed by atoms with E-state index in [1.54, 1.807) is 12.1 Å². The molecule has 0 unspecified atom stereocenters. The van der Waals surface area contributed by atoms with Gasteiger partial charge >= 0.3 is 0 Å². The SMILES string of the molecule is COc1cc(CN2CCC[C@H](c3[nH]ncc3-c3c(F)cccc3F)C2)ccc1F. The Kier molecular flexibility index (Phi) is 5.58. The van der Waals surface area contributed by atoms with Gasteiger partial charge in [-0.3, -0.25) is 10.00 Å². The molecule has 2 aromatic carbocycles. The van der Waals surface area contributed by atoms with Crippen LogP contribution in [0.3, 0.4) is 0 Å². The Morgan fingerprint density at radius 3 is 2.69 bits per heavy atom. The second-order valence-electron chi connectivity index (χ2n) is 7.34. The molecule has 4 nitrogen and oxygen atoms in total. The van der Waals surface area contributed by atoms with Gasteiger partial charge in [0, 0.05) is 30.3 Å². The second kappa shape index (κ2) is 8.29. The van der Waals surface area contributed by atoms with Gasteiger partial charge in [-0.15, -0.1) is 0 Å². The average molecular weight is 401 g/mol. The predicted octanol–water partition coefficient (Wildman–Crippen LogP) is 4.88. The number of ether oxygens (including phenoxy) is 1. The molecule has 1 aliphatic heterocycles. The minimum atomic E-state index is -0.598. The quantitative estimate of drug-likeness (QED) is 0.662. The molecule has 7 heteroatoms. The summed E-state index contributed by atoms with van der Waals surface area (Å²) < 4.78 is 47.3. The van der Waals surface area contributed by atoms with Gasteiger partial charge in [0.15, 0.2) is 11.6 Å². The first kappa shape index (κ1) is 19.5. The number of nitrogens with one attached hydrogen (secondary N) is 1. The fraction of sp³-hybridized carbons (Fsp3) is 0.318. The summed E-state index contributed by atoms with van der Waals surface area (Å²) in [5.74, 6) is -1.29. The molecule has 1 saturated heterocycles. The normalized spacial score (nSPS) is 17.4. The number of rotatable bonds is 5. The number of hydrogen-bond donors (Lipinski definition) is 1. The topological polar surface area (TPSA) is 41.1 Å². The zero-order chi connectivity index (χ0) is 20.4. The summed E-state index contributed by atoms with van der Waals surface area (Å²) in [6.45, 7) is 2.25. The lowest BCUT2D eigenvalue weighted by atomic mass is 9.90. The first-order chi connectivity index (χ1) is 14.1. The maximum absolute atomic E-state index is 14.3. The maximum Gasteiger partial charge on any atom is 0.165 e. The maximum atomic E-state index is 14.3. The fourth-order valence-electron chi connectivity index (χ4n) is 4.06. The van der Waals surface area contributed by atoms with Crippen LogP contribution in [0.1, 0.15) is 30.0 Å². The molecule has 152 valence electrons. The molecule has 0 saturated carbocycles. The van der Waals surface area contributed by atoms with E-state index in [0.717, 1.165) is 30.6 Å². The van der Waals surface area contributed by atoms with Crippen molar-refractivity contribution in [3.05, 3.63) is 71.3 Å². The fourth-order valence-corrected chi connectivity index (χ4v) is 4.06. The van der Waals surface area contributed by atoms with Crippen LogP contribution >= 0.6 is 0 Å². The van der Waals surface area contributed by atoms with Gasteiger partial charge < -0.3 is 4.74 Å². The van der Waals surface area contributed by atoms with Crippen molar-refractivity contribution in [3.63, 3.8) is 0 Å². The molecule has 1 atom stereocenters. The van der Waals surface area contributed by atoms with Crippen molar-refractivity contribution >= 4 is 0 Å². The van der Waals surface area contributed by atoms with Gasteiger partial charge in [-0.2, -0.15) is 5.10 Å². The summed E-state index contributed by atoms with van der Waals surface area (Å²) >= 11 is 0. The van der Waals surface area contributed by atoms with E-state index in [9.17, 15) is 13.2 Å². The molecule has 29 heavy (non-hydrogen) atoms. The van der Waals surface area contributed by atoms with Crippen molar-refractivity contribution in [2.24, 2.45) is 0 Å². The van der Waals surface area contributed by atoms with Gasteiger partial charge in [0.05, 0.1) is 18.9 Å². The van der Waals surface area contributed by atoms with Gasteiger partial charge in [0.1, 0.15) is 11.6 Å². The van der Waals surface area contributed by atoms with Crippen molar-refractivity contribution in [1.82, 2.24) is 15.1 Å². The van der Waals surface area contributed by atoms with Crippen molar-refractivity contribution in [2.45, 2.75) is 25.3 Å². The van der Waals surface area contributed by atoms with E-state index >= 15 is 0 Å². The molecule has 0 bridgehead atoms. The number of nitrogens with zero attached hydrogens (tertiary/aromatic N) is 2. The Morgan fingerprint density at radius 2 is 1.93 bits per heavy atom. The first-order valence-electron chi connectivity index (χ1n) is 9.59. The predicted molar refractivity (Wildman–Crippen MR) is 104 cm³/mol. The number of aromatic amines is 1. The standard InChI is InChI=1S/C22H22F3N3O/c1-29-20-10-14(7-8-17(20)23)12-28-9-3-4-15(13-28)22-16(11-26-27-22)21-18(24)5-2-6-19(21)25/h2,5-8,10-11,15H,3-4,9,12-13H2,1H3,(H,26,27)/t15-/m0/s1. The molecule has 4 rings (SSSR count). The first-order valence-corrected chi connectivity index (χ1v) is 9.59. The van der Waals surface area contributed by atoms with E-state index in [4.69, 9.17) is 4.74 Å². The highest BCUT2D eigenvalue weighted by atomic mass is 19.1. The molecule has 1 aliphatic rings. The zero-order valence-electron chi connectivity index (χ0n) is 16.1. The molecule has 0 amide bonds. The Morgan fingerprint density at radius 1 is 1.14 bits per heavy atom. The Bertz CT molecular complexity index is 984. The molecule has 1 fully saturated rings. The van der Waals surface area contributed by atoms with Crippen LogP contribution in [0, 0.1) is 17.5 Å². The highest BCUT2D eigenvalue weighted by Gasteiger charge is 2.27. The third-order valence-corrected chi connectivity index (χ3v) is 5.44. The summed E-state index contributed by atoms with van der Waals surface area (Å²) in [5.41, 5.74) is 2.12. The minimum Gasteiger partial charge on any atom is -0.494 e. The van der Waals surface area contributed by atoms with E-state index in [-0.39, 0.29) is 23.0 Å². The molecular weight excluding hydrogens is 379 g/mol. The Labute approximate surface area is 167 Å². The highest BCUT2D eigenvalue weighted by molar-refractivity contribution is 5.67. The summed E-state index contributed by atoms with van der Waals surface area (Å²) in [7, 11) is 1.45. The zero-order valence-corrected chi connectivity index (χ0v) is 16.1. The smallest absolute Gasteiger partial charge is 0.165 e. The van der Waals surface area contributed by atoms with Gasteiger partial charge in [0.2, 0.25) is 0 Å². The van der Waals surface area contributed by atoms with Gasteiger partial charge in [-0.05, 0) is 49.2 Å². The lowest BCUT2D eigenvalue weighted by molar-refractivity contribution is 0.198. The number of aromatic nitrogens is 2. The molecule has 3 aromatic rings. The van der Waals surface area contributed by atoms with E-state index in [1.807, 2.05) is 0 Å². The average Bonchev–Trinajstić information content (AvgIpc) is 3.19. The van der Waals surface area contributed by atoms with Crippen molar-refractivity contribution in [1.29, 1.82) is 0 Å². The third kappa shape index (κ3) is 4.00. The van der Waals surface area contributed by atoms with Crippen LogP contribution in [0.4, 0.5) is 13.2 Å². The number of halogens is 3. The second-order valence-corrected chi connectivity index (χ2v) is 7.34. The highest BCUT2D eigenvalue weighted by Crippen LogP contribution is 2.35. The summed E-state index contributed by atoms with van der Waals surface area (Å²) in [4.78, 5) is 2.25. The summed E-state index contributed by atoms with van der Waals surface area (Å²) in [6.07, 6.45) is 3.33. The van der Waals surface area contributed by atoms with Crippen LogP contribution in [-0.4, -0.2) is 35.3 Å². The lowest BCUT2D eigenvalue weighted by Crippen LogP contribution is -2.34. The third-order valence-electron chi connectivity index (χ3n) is 5.44. The van der Waals surface area contributed by atoms with Crippen LogP contribution in [0.25, 0.3) is 11.1 Å². The molecule has 0 radical (unpaired) electrons. The van der Waals surface area contributed by atoms with E-state index in [2.05, 4.69) is 15.1 Å². The molecule has 0 spiro atoms. The number of likely N-dealkylation sites (tertiary alicyclic amines) is 1. The summed E-state index contributed by atoms with van der Waals surface area (Å²) in [5, 5.41) is 7.02. The van der Waals surface area contributed by atoms with Crippen LogP contribution in [0.2, 0.25) is 0 Å². The molecule has 1 N–H and O–H groups in total. The van der Waals surface area contributed by atoms with Crippen molar-refractivity contribution in [2.75, 3.05) is 20.2 Å². The van der Waals surface area contributed by atoms with Gasteiger partial charge in [-0.25, -0.2) is 13.2 Å². The number of methoxy groups -OCH3 is 1. The Hall–Kier alpha value is -2.80. The number of piperidine rings is 1. The van der Waals surface area contributed by atoms with E-state index in [1.165, 1.54) is 37.6 Å². The van der Waals surface area contributed by atoms with E-state index < -0.39 is 11.6 Å². The van der Waals surface area contributed by atoms with Gasteiger partial charge in [0.25, 0.3) is 0 Å². The van der Waals surface area contributed by atoms with Crippen LogP contribution < -0.4 is 4.74 Å². The van der Waals surface area contributed by atoms with E-state index in [0.29, 0.717) is 18.7 Å². The van der Waals surface area contributed by atoms with Crippen molar-refractivity contribution in [3.8, 4) is 16.9 Å². The minimum absolute atomic E-state index is 0.0448. The van der Waals surface area contributed by atoms with Crippen LogP contribution in [-0.2, 0) is 6.54 Å². The molecule has 0 aliphatic carbocycles. The molecular formula is C22H22F3N3O. The monoisotopic (exact) mass is 401 g/mol. The van der Waals surface area contributed by atoms with Crippen LogP contribution in [0.5, 0.6) is 5.75 Å². The van der Waals surface area contributed by atoms with Crippen LogP contribution in [0.15, 0.2) is 42.6 Å². The largest absolute Gasteiger partial charge is 0.494 e. The Balaban J connectivity index is 1.55. The van der Waals surface area contributed by atoms with Gasteiger partial charge in [-0.1, -0.05) is 12.1 Å². The summed E-state index contributed by atoms with van der Waals surface area (Å²) in [6, 6.07) is 8.72. The molecule has 1 aromatic heterocycles.